The summed E-state index contributed by atoms with van der Waals surface area (Å²) in [6.45, 7) is 4.36. The van der Waals surface area contributed by atoms with Gasteiger partial charge in [-0.1, -0.05) is 0 Å². The number of rotatable bonds is 7. The number of nitrogens with zero attached hydrogens (tertiary/aromatic N) is 2. The third-order valence-corrected chi connectivity index (χ3v) is 1.59. The zero-order chi connectivity index (χ0) is 9.94. The van der Waals surface area contributed by atoms with E-state index in [9.17, 15) is 0 Å². The van der Waals surface area contributed by atoms with Crippen molar-refractivity contribution in [3.63, 3.8) is 0 Å². The Morgan fingerprint density at radius 3 is 2.38 bits per heavy atom. The fourth-order valence-corrected chi connectivity index (χ4v) is 0.909. The molecule has 1 atom stereocenters. The van der Waals surface area contributed by atoms with Gasteiger partial charge in [-0.15, -0.1) is 0 Å². The molecule has 0 rings (SSSR count). The van der Waals surface area contributed by atoms with E-state index in [1.54, 1.807) is 0 Å². The van der Waals surface area contributed by atoms with Crippen LogP contribution in [-0.2, 0) is 0 Å². The Morgan fingerprint density at radius 2 is 1.77 bits per heavy atom. The van der Waals surface area contributed by atoms with Gasteiger partial charge in [0.25, 0.3) is 0 Å². The van der Waals surface area contributed by atoms with E-state index in [0.717, 1.165) is 19.6 Å². The van der Waals surface area contributed by atoms with Gasteiger partial charge in [0.05, 0.1) is 12.1 Å². The van der Waals surface area contributed by atoms with E-state index in [1.165, 1.54) is 0 Å². The molecule has 0 aliphatic carbocycles. The van der Waals surface area contributed by atoms with E-state index in [-0.39, 0.29) is 0 Å². The topological polar surface area (TPSA) is 71.6 Å². The van der Waals surface area contributed by atoms with Gasteiger partial charge in [0.15, 0.2) is 0 Å². The van der Waals surface area contributed by atoms with Crippen LogP contribution in [0.3, 0.4) is 0 Å². The lowest BCUT2D eigenvalue weighted by Crippen LogP contribution is -2.37. The molecule has 13 heavy (non-hydrogen) atoms. The van der Waals surface area contributed by atoms with E-state index in [1.807, 2.05) is 0 Å². The second kappa shape index (κ2) is 8.99. The smallest absolute Gasteiger partial charge is 0.0635 e. The lowest BCUT2D eigenvalue weighted by Gasteiger charge is -2.12. The molecule has 0 aliphatic heterocycles. The summed E-state index contributed by atoms with van der Waals surface area (Å²) < 4.78 is 0. The first-order chi connectivity index (χ1) is 6.31. The Morgan fingerprint density at radius 1 is 1.15 bits per heavy atom. The molecule has 0 saturated heterocycles. The molecule has 2 N–H and O–H groups in total. The molecule has 1 unspecified atom stereocenters. The van der Waals surface area contributed by atoms with Crippen LogP contribution in [0, 0.1) is 22.7 Å². The number of nitrogens with one attached hydrogen (secondary N) is 2. The monoisotopic (exact) mass is 180 g/mol. The molecule has 0 fully saturated rings. The minimum absolute atomic E-state index is 0.354. The largest absolute Gasteiger partial charge is 0.314 e. The molecule has 72 valence electrons. The number of hydrogen-bond donors (Lipinski definition) is 2. The molecule has 0 amide bonds. The van der Waals surface area contributed by atoms with Gasteiger partial charge < -0.3 is 10.6 Å². The Kier molecular flexibility index (Phi) is 8.23. The van der Waals surface area contributed by atoms with Gasteiger partial charge in [-0.05, 0) is 6.92 Å². The summed E-state index contributed by atoms with van der Waals surface area (Å²) in [6.07, 6.45) is 1.09. The highest BCUT2D eigenvalue weighted by atomic mass is 15.0. The lowest BCUT2D eigenvalue weighted by atomic mass is 10.3. The normalized spacial score (nSPS) is 11.6. The van der Waals surface area contributed by atoms with E-state index >= 15 is 0 Å². The van der Waals surface area contributed by atoms with Crippen molar-refractivity contribution in [1.29, 1.82) is 10.5 Å². The van der Waals surface area contributed by atoms with Crippen LogP contribution in [0.4, 0.5) is 0 Å². The third kappa shape index (κ3) is 8.81. The predicted molar refractivity (Wildman–Crippen MR) is 50.8 cm³/mol. The summed E-state index contributed by atoms with van der Waals surface area (Å²) in [5, 5.41) is 22.9. The predicted octanol–water partition coefficient (Wildman–Crippen LogP) is 0.381. The van der Waals surface area contributed by atoms with Crippen LogP contribution in [0.1, 0.15) is 19.8 Å². The molecule has 0 heterocycles. The van der Waals surface area contributed by atoms with Gasteiger partial charge in [0.2, 0.25) is 0 Å². The van der Waals surface area contributed by atoms with Crippen molar-refractivity contribution >= 4 is 0 Å². The summed E-state index contributed by atoms with van der Waals surface area (Å²) in [7, 11) is 0. The Balaban J connectivity index is 3.17. The van der Waals surface area contributed by atoms with Crippen LogP contribution in [-0.4, -0.2) is 25.7 Å². The van der Waals surface area contributed by atoms with Crippen LogP contribution in [0.5, 0.6) is 0 Å². The van der Waals surface area contributed by atoms with E-state index in [0.29, 0.717) is 18.9 Å². The second-order valence-corrected chi connectivity index (χ2v) is 2.88. The first-order valence-corrected chi connectivity index (χ1v) is 4.49. The minimum Gasteiger partial charge on any atom is -0.314 e. The van der Waals surface area contributed by atoms with Gasteiger partial charge in [-0.25, -0.2) is 0 Å². The van der Waals surface area contributed by atoms with Crippen LogP contribution in [0.2, 0.25) is 0 Å². The maximum Gasteiger partial charge on any atom is 0.0635 e. The highest BCUT2D eigenvalue weighted by Crippen LogP contribution is 1.80. The van der Waals surface area contributed by atoms with E-state index in [2.05, 4.69) is 29.7 Å². The summed E-state index contributed by atoms with van der Waals surface area (Å²) in [5.41, 5.74) is 0. The van der Waals surface area contributed by atoms with Crippen molar-refractivity contribution < 1.29 is 0 Å². The Bertz CT molecular complexity index is 189. The van der Waals surface area contributed by atoms with Crippen LogP contribution in [0.15, 0.2) is 0 Å². The van der Waals surface area contributed by atoms with Gasteiger partial charge in [-0.2, -0.15) is 10.5 Å². The molecular formula is C9H16N4. The zero-order valence-corrected chi connectivity index (χ0v) is 8.01. The van der Waals surface area contributed by atoms with Crippen LogP contribution in [0.25, 0.3) is 0 Å². The number of hydrogen-bond acceptors (Lipinski definition) is 4. The molecule has 0 bridgehead atoms. The molecule has 0 aromatic rings. The molecule has 0 radical (unpaired) electrons. The number of nitriles is 2. The summed E-state index contributed by atoms with van der Waals surface area (Å²) in [6, 6.07) is 4.50. The second-order valence-electron chi connectivity index (χ2n) is 2.88. The van der Waals surface area contributed by atoms with Crippen LogP contribution < -0.4 is 10.6 Å². The molecule has 4 heteroatoms. The fourth-order valence-electron chi connectivity index (χ4n) is 0.909. The van der Waals surface area contributed by atoms with Crippen molar-refractivity contribution in [1.82, 2.24) is 10.6 Å². The molecular weight excluding hydrogens is 164 g/mol. The Labute approximate surface area is 79.5 Å². The summed E-state index contributed by atoms with van der Waals surface area (Å²) in [5.74, 6) is 0. The maximum absolute atomic E-state index is 8.28. The molecule has 0 aliphatic rings. The quantitative estimate of drug-likeness (QED) is 0.556. The molecule has 4 nitrogen and oxygen atoms in total. The third-order valence-electron chi connectivity index (χ3n) is 1.59. The van der Waals surface area contributed by atoms with Gasteiger partial charge in [-0.3, -0.25) is 0 Å². The standard InChI is InChI=1S/C9H16N4/c1-9(13-7-3-5-11)8-12-6-2-4-10/h9,12-13H,2-3,6-8H2,1H3. The first-order valence-electron chi connectivity index (χ1n) is 4.49. The molecule has 0 aromatic carbocycles. The van der Waals surface area contributed by atoms with E-state index < -0.39 is 0 Å². The average molecular weight is 180 g/mol. The summed E-state index contributed by atoms with van der Waals surface area (Å²) in [4.78, 5) is 0. The minimum atomic E-state index is 0.354. The van der Waals surface area contributed by atoms with Crippen molar-refractivity contribution in [2.45, 2.75) is 25.8 Å². The maximum atomic E-state index is 8.28. The highest BCUT2D eigenvalue weighted by Gasteiger charge is 1.98. The molecule has 0 saturated carbocycles. The van der Waals surface area contributed by atoms with Crippen molar-refractivity contribution in [3.8, 4) is 12.1 Å². The highest BCUT2D eigenvalue weighted by molar-refractivity contribution is 4.74. The molecule has 0 aromatic heterocycles. The van der Waals surface area contributed by atoms with Crippen molar-refractivity contribution in [2.75, 3.05) is 19.6 Å². The first kappa shape index (κ1) is 11.9. The zero-order valence-electron chi connectivity index (χ0n) is 8.01. The van der Waals surface area contributed by atoms with Gasteiger partial charge in [0, 0.05) is 38.5 Å². The SMILES string of the molecule is CC(CNCCC#N)NCCC#N. The van der Waals surface area contributed by atoms with Crippen molar-refractivity contribution in [2.24, 2.45) is 0 Å². The Hall–Kier alpha value is -1.10. The summed E-state index contributed by atoms with van der Waals surface area (Å²) >= 11 is 0. The average Bonchev–Trinajstić information content (AvgIpc) is 2.13. The van der Waals surface area contributed by atoms with Crippen LogP contribution >= 0.6 is 0 Å². The van der Waals surface area contributed by atoms with Gasteiger partial charge in [0.1, 0.15) is 0 Å². The lowest BCUT2D eigenvalue weighted by molar-refractivity contribution is 0.511. The van der Waals surface area contributed by atoms with E-state index in [4.69, 9.17) is 10.5 Å². The van der Waals surface area contributed by atoms with Gasteiger partial charge >= 0.3 is 0 Å². The molecule has 0 spiro atoms. The fraction of sp³-hybridized carbons (Fsp3) is 0.778. The van der Waals surface area contributed by atoms with Crippen molar-refractivity contribution in [3.05, 3.63) is 0 Å².